The first-order valence-corrected chi connectivity index (χ1v) is 6.60. The van der Waals surface area contributed by atoms with Crippen molar-refractivity contribution in [3.63, 3.8) is 0 Å². The number of amides is 1. The third-order valence-corrected chi connectivity index (χ3v) is 3.57. The van der Waals surface area contributed by atoms with Gasteiger partial charge in [0.25, 0.3) is 0 Å². The Morgan fingerprint density at radius 2 is 2.19 bits per heavy atom. The molecule has 0 saturated carbocycles. The van der Waals surface area contributed by atoms with Crippen LogP contribution in [0.5, 0.6) is 0 Å². The summed E-state index contributed by atoms with van der Waals surface area (Å²) in [7, 11) is 0. The van der Waals surface area contributed by atoms with Crippen LogP contribution in [0.4, 0.5) is 0 Å². The molecule has 96 valence electrons. The van der Waals surface area contributed by atoms with Gasteiger partial charge in [0, 0.05) is 17.3 Å². The first-order valence-electron chi connectivity index (χ1n) is 5.61. The molecule has 1 fully saturated rings. The van der Waals surface area contributed by atoms with Crippen molar-refractivity contribution in [3.05, 3.63) is 0 Å². The van der Waals surface area contributed by atoms with Crippen molar-refractivity contribution in [1.29, 1.82) is 0 Å². The summed E-state index contributed by atoms with van der Waals surface area (Å²) in [5.74, 6) is 0.739. The highest BCUT2D eigenvalue weighted by atomic mass is 35.5. The lowest BCUT2D eigenvalue weighted by molar-refractivity contribution is -0.119. The van der Waals surface area contributed by atoms with E-state index in [2.05, 4.69) is 31.4 Å². The number of halogens is 1. The molecule has 3 nitrogen and oxygen atoms in total. The van der Waals surface area contributed by atoms with Crippen molar-refractivity contribution >= 4 is 30.1 Å². The van der Waals surface area contributed by atoms with Gasteiger partial charge in [-0.2, -0.15) is 0 Å². The van der Waals surface area contributed by atoms with Crippen LogP contribution in [0.2, 0.25) is 0 Å². The van der Waals surface area contributed by atoms with Gasteiger partial charge in [0.2, 0.25) is 5.91 Å². The zero-order valence-corrected chi connectivity index (χ0v) is 12.0. The Hall–Kier alpha value is 0.0700. The molecule has 1 heterocycles. The van der Waals surface area contributed by atoms with E-state index >= 15 is 0 Å². The van der Waals surface area contributed by atoms with Crippen molar-refractivity contribution in [2.24, 2.45) is 0 Å². The van der Waals surface area contributed by atoms with Crippen LogP contribution in [0.1, 0.15) is 33.6 Å². The van der Waals surface area contributed by atoms with E-state index in [4.69, 9.17) is 0 Å². The number of carbonyl (C=O) groups is 1. The molecule has 2 N–H and O–H groups in total. The van der Waals surface area contributed by atoms with Gasteiger partial charge in [0.15, 0.2) is 0 Å². The van der Waals surface area contributed by atoms with Gasteiger partial charge in [-0.3, -0.25) is 4.79 Å². The summed E-state index contributed by atoms with van der Waals surface area (Å²) < 4.78 is 0.169. The quantitative estimate of drug-likeness (QED) is 0.819. The molecule has 1 amide bonds. The molecule has 1 atom stereocenters. The number of carbonyl (C=O) groups excluding carboxylic acids is 1. The Morgan fingerprint density at radius 1 is 1.50 bits per heavy atom. The molecule has 1 aliphatic heterocycles. The molecule has 16 heavy (non-hydrogen) atoms. The molecule has 5 heteroatoms. The summed E-state index contributed by atoms with van der Waals surface area (Å²) in [6.07, 6.45) is 2.27. The third kappa shape index (κ3) is 7.36. The molecule has 1 saturated heterocycles. The zero-order valence-electron chi connectivity index (χ0n) is 10.3. The standard InChI is InChI=1S/C11H22N2OS.ClH/c1-11(2,3)15-8-10(14)13-9-5-4-6-12-7-9;/h9,12H,4-8H2,1-3H3,(H,13,14);1H. The Labute approximate surface area is 109 Å². The molecule has 1 unspecified atom stereocenters. The lowest BCUT2D eigenvalue weighted by Crippen LogP contribution is -2.46. The topological polar surface area (TPSA) is 41.1 Å². The van der Waals surface area contributed by atoms with E-state index in [0.29, 0.717) is 11.8 Å². The Balaban J connectivity index is 0.00000225. The van der Waals surface area contributed by atoms with Gasteiger partial charge in [-0.25, -0.2) is 0 Å². The number of thioether (sulfide) groups is 1. The van der Waals surface area contributed by atoms with E-state index < -0.39 is 0 Å². The van der Waals surface area contributed by atoms with Crippen molar-refractivity contribution in [1.82, 2.24) is 10.6 Å². The number of hydrogen-bond acceptors (Lipinski definition) is 3. The second-order valence-electron chi connectivity index (χ2n) is 5.01. The fraction of sp³-hybridized carbons (Fsp3) is 0.909. The van der Waals surface area contributed by atoms with Crippen LogP contribution in [-0.2, 0) is 4.79 Å². The lowest BCUT2D eigenvalue weighted by Gasteiger charge is -2.24. The second-order valence-corrected chi connectivity index (χ2v) is 6.81. The van der Waals surface area contributed by atoms with E-state index in [0.717, 1.165) is 25.9 Å². The molecular formula is C11H23ClN2OS. The highest BCUT2D eigenvalue weighted by Crippen LogP contribution is 2.22. The molecule has 0 bridgehead atoms. The fourth-order valence-electron chi connectivity index (χ4n) is 1.53. The predicted octanol–water partition coefficient (Wildman–Crippen LogP) is 1.81. The zero-order chi connectivity index (χ0) is 11.3. The highest BCUT2D eigenvalue weighted by Gasteiger charge is 2.17. The molecule has 0 aromatic carbocycles. The maximum Gasteiger partial charge on any atom is 0.230 e. The molecule has 0 aromatic heterocycles. The summed E-state index contributed by atoms with van der Waals surface area (Å²) in [5.41, 5.74) is 0. The molecule has 1 aliphatic rings. The van der Waals surface area contributed by atoms with Crippen LogP contribution < -0.4 is 10.6 Å². The summed E-state index contributed by atoms with van der Waals surface area (Å²) in [6, 6.07) is 0.340. The summed E-state index contributed by atoms with van der Waals surface area (Å²) >= 11 is 1.70. The Bertz CT molecular complexity index is 213. The van der Waals surface area contributed by atoms with Gasteiger partial charge in [-0.05, 0) is 19.4 Å². The van der Waals surface area contributed by atoms with Gasteiger partial charge in [0.05, 0.1) is 5.75 Å². The minimum Gasteiger partial charge on any atom is -0.351 e. The lowest BCUT2D eigenvalue weighted by atomic mass is 10.1. The van der Waals surface area contributed by atoms with Crippen LogP contribution in [0.3, 0.4) is 0 Å². The normalized spacial score (nSPS) is 21.1. The van der Waals surface area contributed by atoms with E-state index in [-0.39, 0.29) is 23.1 Å². The summed E-state index contributed by atoms with van der Waals surface area (Å²) in [5, 5.41) is 6.36. The number of nitrogens with one attached hydrogen (secondary N) is 2. The number of piperidine rings is 1. The first-order chi connectivity index (χ1) is 6.97. The number of rotatable bonds is 3. The molecule has 0 spiro atoms. The smallest absolute Gasteiger partial charge is 0.230 e. The molecule has 0 radical (unpaired) electrons. The second kappa shape index (κ2) is 7.41. The van der Waals surface area contributed by atoms with Crippen LogP contribution in [-0.4, -0.2) is 35.5 Å². The Morgan fingerprint density at radius 3 is 2.69 bits per heavy atom. The van der Waals surface area contributed by atoms with Crippen LogP contribution in [0.25, 0.3) is 0 Å². The fourth-order valence-corrected chi connectivity index (χ4v) is 2.17. The van der Waals surface area contributed by atoms with E-state index in [9.17, 15) is 4.79 Å². The average molecular weight is 267 g/mol. The van der Waals surface area contributed by atoms with Crippen molar-refractivity contribution in [2.75, 3.05) is 18.8 Å². The maximum atomic E-state index is 11.6. The van der Waals surface area contributed by atoms with Crippen molar-refractivity contribution in [3.8, 4) is 0 Å². The van der Waals surface area contributed by atoms with Gasteiger partial charge >= 0.3 is 0 Å². The minimum atomic E-state index is 0. The highest BCUT2D eigenvalue weighted by molar-refractivity contribution is 8.01. The monoisotopic (exact) mass is 266 g/mol. The van der Waals surface area contributed by atoms with E-state index in [1.807, 2.05) is 0 Å². The predicted molar refractivity (Wildman–Crippen MR) is 73.5 cm³/mol. The van der Waals surface area contributed by atoms with Crippen LogP contribution in [0, 0.1) is 0 Å². The first kappa shape index (κ1) is 16.1. The van der Waals surface area contributed by atoms with Gasteiger partial charge < -0.3 is 10.6 Å². The minimum absolute atomic E-state index is 0. The van der Waals surface area contributed by atoms with Crippen molar-refractivity contribution < 1.29 is 4.79 Å². The SMILES string of the molecule is CC(C)(C)SCC(=O)NC1CCCNC1.Cl. The van der Waals surface area contributed by atoms with Gasteiger partial charge in [0.1, 0.15) is 0 Å². The van der Waals surface area contributed by atoms with E-state index in [1.54, 1.807) is 11.8 Å². The van der Waals surface area contributed by atoms with Crippen LogP contribution in [0.15, 0.2) is 0 Å². The molecule has 1 rings (SSSR count). The van der Waals surface area contributed by atoms with Crippen molar-refractivity contribution in [2.45, 2.75) is 44.4 Å². The summed E-state index contributed by atoms with van der Waals surface area (Å²) in [6.45, 7) is 8.41. The number of hydrogen-bond donors (Lipinski definition) is 2. The van der Waals surface area contributed by atoms with Gasteiger partial charge in [-0.1, -0.05) is 20.8 Å². The summed E-state index contributed by atoms with van der Waals surface area (Å²) in [4.78, 5) is 11.6. The molecule has 0 aliphatic carbocycles. The largest absolute Gasteiger partial charge is 0.351 e. The van der Waals surface area contributed by atoms with E-state index in [1.165, 1.54) is 0 Å². The Kier molecular flexibility index (Phi) is 7.44. The maximum absolute atomic E-state index is 11.6. The molecular weight excluding hydrogens is 244 g/mol. The average Bonchev–Trinajstić information content (AvgIpc) is 2.15. The molecule has 0 aromatic rings. The van der Waals surface area contributed by atoms with Crippen LogP contribution >= 0.6 is 24.2 Å². The van der Waals surface area contributed by atoms with Gasteiger partial charge in [-0.15, -0.1) is 24.2 Å². The third-order valence-electron chi connectivity index (χ3n) is 2.30.